The van der Waals surface area contributed by atoms with Gasteiger partial charge in [-0.05, 0) is 30.6 Å². The van der Waals surface area contributed by atoms with Crippen LogP contribution in [-0.2, 0) is 11.3 Å². The summed E-state index contributed by atoms with van der Waals surface area (Å²) in [6.45, 7) is 0.232. The number of aromatic nitrogens is 1. The first-order valence-electron chi connectivity index (χ1n) is 5.76. The molecule has 1 aromatic heterocycles. The lowest BCUT2D eigenvalue weighted by atomic mass is 10.1. The highest BCUT2D eigenvalue weighted by molar-refractivity contribution is 7.98. The van der Waals surface area contributed by atoms with E-state index in [9.17, 15) is 9.59 Å². The largest absolute Gasteiger partial charge is 0.480 e. The van der Waals surface area contributed by atoms with Crippen LogP contribution in [-0.4, -0.2) is 40.0 Å². The highest BCUT2D eigenvalue weighted by atomic mass is 32.2. The number of hydrogen-bond acceptors (Lipinski definition) is 5. The van der Waals surface area contributed by atoms with Crippen molar-refractivity contribution in [3.05, 3.63) is 29.6 Å². The van der Waals surface area contributed by atoms with Gasteiger partial charge in [-0.25, -0.2) is 4.79 Å². The smallest absolute Gasteiger partial charge is 0.326 e. The molecule has 1 unspecified atom stereocenters. The molecule has 104 valence electrons. The Morgan fingerprint density at radius 3 is 2.89 bits per heavy atom. The molecule has 0 aliphatic rings. The minimum Gasteiger partial charge on any atom is -0.480 e. The van der Waals surface area contributed by atoms with Crippen molar-refractivity contribution in [3.63, 3.8) is 0 Å². The molecule has 4 N–H and O–H groups in total. The number of carbonyl (C=O) groups excluding carboxylic acids is 1. The van der Waals surface area contributed by atoms with Crippen molar-refractivity contribution < 1.29 is 14.7 Å². The summed E-state index contributed by atoms with van der Waals surface area (Å²) in [5.41, 5.74) is 6.40. The molecule has 0 aromatic carbocycles. The van der Waals surface area contributed by atoms with Gasteiger partial charge in [-0.1, -0.05) is 0 Å². The van der Waals surface area contributed by atoms with Crippen molar-refractivity contribution in [2.45, 2.75) is 19.0 Å². The number of carboxylic acids is 1. The second-order valence-corrected chi connectivity index (χ2v) is 4.87. The van der Waals surface area contributed by atoms with Gasteiger partial charge in [0.15, 0.2) is 0 Å². The second-order valence-electron chi connectivity index (χ2n) is 3.89. The Morgan fingerprint density at radius 1 is 1.58 bits per heavy atom. The lowest BCUT2D eigenvalue weighted by Crippen LogP contribution is -2.41. The molecule has 7 heteroatoms. The number of rotatable bonds is 7. The van der Waals surface area contributed by atoms with Gasteiger partial charge in [0.25, 0.3) is 5.91 Å². The quantitative estimate of drug-likeness (QED) is 0.672. The number of hydrogen-bond donors (Lipinski definition) is 3. The molecule has 0 fully saturated rings. The van der Waals surface area contributed by atoms with Crippen molar-refractivity contribution in [2.24, 2.45) is 5.73 Å². The van der Waals surface area contributed by atoms with Gasteiger partial charge in [0.05, 0.1) is 5.69 Å². The molecule has 1 amide bonds. The first-order valence-corrected chi connectivity index (χ1v) is 7.15. The maximum atomic E-state index is 11.9. The average molecular weight is 283 g/mol. The minimum atomic E-state index is -1.03. The van der Waals surface area contributed by atoms with Crippen molar-refractivity contribution in [2.75, 3.05) is 12.0 Å². The SMILES string of the molecule is CSCCC(NC(=O)c1ccnc(CN)c1)C(=O)O. The van der Waals surface area contributed by atoms with E-state index in [0.29, 0.717) is 23.4 Å². The number of amides is 1. The van der Waals surface area contributed by atoms with Gasteiger partial charge in [-0.2, -0.15) is 11.8 Å². The summed E-state index contributed by atoms with van der Waals surface area (Å²) in [5.74, 6) is -0.789. The monoisotopic (exact) mass is 283 g/mol. The van der Waals surface area contributed by atoms with Crippen LogP contribution in [0.25, 0.3) is 0 Å². The summed E-state index contributed by atoms with van der Waals surface area (Å²) in [6, 6.07) is 2.21. The molecular weight excluding hydrogens is 266 g/mol. The van der Waals surface area contributed by atoms with Crippen LogP contribution in [0.3, 0.4) is 0 Å². The van der Waals surface area contributed by atoms with Gasteiger partial charge in [-0.15, -0.1) is 0 Å². The number of carboxylic acid groups (broad SMARTS) is 1. The van der Waals surface area contributed by atoms with Crippen LogP contribution in [0.5, 0.6) is 0 Å². The van der Waals surface area contributed by atoms with Crippen molar-refractivity contribution in [1.29, 1.82) is 0 Å². The molecule has 6 nitrogen and oxygen atoms in total. The summed E-state index contributed by atoms with van der Waals surface area (Å²) >= 11 is 1.54. The minimum absolute atomic E-state index is 0.232. The zero-order valence-electron chi connectivity index (χ0n) is 10.6. The molecule has 0 saturated carbocycles. The lowest BCUT2D eigenvalue weighted by Gasteiger charge is -2.14. The zero-order chi connectivity index (χ0) is 14.3. The number of thioether (sulfide) groups is 1. The number of carbonyl (C=O) groups is 2. The number of pyridine rings is 1. The van der Waals surface area contributed by atoms with Gasteiger partial charge >= 0.3 is 5.97 Å². The predicted molar refractivity (Wildman–Crippen MR) is 74.0 cm³/mol. The van der Waals surface area contributed by atoms with Gasteiger partial charge < -0.3 is 16.2 Å². The standard InChI is InChI=1S/C12H17N3O3S/c1-19-5-3-10(12(17)18)15-11(16)8-2-4-14-9(6-8)7-13/h2,4,6,10H,3,5,7,13H2,1H3,(H,15,16)(H,17,18). The highest BCUT2D eigenvalue weighted by Gasteiger charge is 2.20. The first kappa shape index (κ1) is 15.5. The van der Waals surface area contributed by atoms with Gasteiger partial charge in [0.2, 0.25) is 0 Å². The normalized spacial score (nSPS) is 11.9. The third kappa shape index (κ3) is 4.88. The Balaban J connectivity index is 2.72. The van der Waals surface area contributed by atoms with E-state index in [1.165, 1.54) is 24.0 Å². The summed E-state index contributed by atoms with van der Waals surface area (Å²) < 4.78 is 0. The third-order valence-corrected chi connectivity index (χ3v) is 3.15. The van der Waals surface area contributed by atoms with Gasteiger partial charge in [0, 0.05) is 18.3 Å². The summed E-state index contributed by atoms with van der Waals surface area (Å²) in [7, 11) is 0. The molecule has 0 saturated heterocycles. The zero-order valence-corrected chi connectivity index (χ0v) is 11.4. The van der Waals surface area contributed by atoms with Crippen LogP contribution in [0.15, 0.2) is 18.3 Å². The number of nitrogens with one attached hydrogen (secondary N) is 1. The van der Waals surface area contributed by atoms with E-state index in [1.54, 1.807) is 6.07 Å². The van der Waals surface area contributed by atoms with Crippen LogP contribution in [0.2, 0.25) is 0 Å². The Bertz CT molecular complexity index is 454. The van der Waals surface area contributed by atoms with Crippen molar-refractivity contribution in [1.82, 2.24) is 10.3 Å². The van der Waals surface area contributed by atoms with E-state index in [2.05, 4.69) is 10.3 Å². The fraction of sp³-hybridized carbons (Fsp3) is 0.417. The maximum absolute atomic E-state index is 11.9. The molecule has 0 radical (unpaired) electrons. The van der Waals surface area contributed by atoms with Gasteiger partial charge in [0.1, 0.15) is 6.04 Å². The Labute approximate surface area is 115 Å². The van der Waals surface area contributed by atoms with E-state index in [-0.39, 0.29) is 6.54 Å². The second kappa shape index (κ2) is 7.75. The Morgan fingerprint density at radius 2 is 2.32 bits per heavy atom. The molecule has 0 aliphatic heterocycles. The van der Waals surface area contributed by atoms with Crippen LogP contribution < -0.4 is 11.1 Å². The van der Waals surface area contributed by atoms with Crippen LogP contribution in [0.4, 0.5) is 0 Å². The average Bonchev–Trinajstić information content (AvgIpc) is 2.42. The lowest BCUT2D eigenvalue weighted by molar-refractivity contribution is -0.139. The Hall–Kier alpha value is -1.60. The van der Waals surface area contributed by atoms with Crippen molar-refractivity contribution >= 4 is 23.6 Å². The molecular formula is C12H17N3O3S. The summed E-state index contributed by atoms with van der Waals surface area (Å²) in [5, 5.41) is 11.5. The molecule has 1 atom stereocenters. The fourth-order valence-corrected chi connectivity index (χ4v) is 1.94. The maximum Gasteiger partial charge on any atom is 0.326 e. The highest BCUT2D eigenvalue weighted by Crippen LogP contribution is 2.05. The molecule has 19 heavy (non-hydrogen) atoms. The molecule has 0 bridgehead atoms. The van der Waals surface area contributed by atoms with E-state index in [1.807, 2.05) is 6.26 Å². The number of nitrogens with two attached hydrogens (primary N) is 1. The van der Waals surface area contributed by atoms with E-state index >= 15 is 0 Å². The van der Waals surface area contributed by atoms with E-state index in [4.69, 9.17) is 10.8 Å². The van der Waals surface area contributed by atoms with Crippen LogP contribution in [0.1, 0.15) is 22.5 Å². The van der Waals surface area contributed by atoms with E-state index in [0.717, 1.165) is 0 Å². The van der Waals surface area contributed by atoms with Crippen LogP contribution in [0, 0.1) is 0 Å². The molecule has 1 rings (SSSR count). The first-order chi connectivity index (χ1) is 9.08. The predicted octanol–water partition coefficient (Wildman–Crippen LogP) is 0.476. The van der Waals surface area contributed by atoms with Crippen molar-refractivity contribution in [3.8, 4) is 0 Å². The number of nitrogens with zero attached hydrogens (tertiary/aromatic N) is 1. The topological polar surface area (TPSA) is 105 Å². The molecule has 1 aromatic rings. The van der Waals surface area contributed by atoms with Gasteiger partial charge in [-0.3, -0.25) is 9.78 Å². The molecule has 0 aliphatic carbocycles. The fourth-order valence-electron chi connectivity index (χ4n) is 1.47. The van der Waals surface area contributed by atoms with E-state index < -0.39 is 17.9 Å². The summed E-state index contributed by atoms with van der Waals surface area (Å²) in [4.78, 5) is 27.0. The molecule has 1 heterocycles. The third-order valence-electron chi connectivity index (χ3n) is 2.50. The Kier molecular flexibility index (Phi) is 6.31. The molecule has 0 spiro atoms. The van der Waals surface area contributed by atoms with Crippen LogP contribution >= 0.6 is 11.8 Å². The summed E-state index contributed by atoms with van der Waals surface area (Å²) in [6.07, 6.45) is 3.75. The number of aliphatic carboxylic acids is 1.